The number of likely N-dealkylation sites (N-methyl/N-ethyl adjacent to an activating group) is 1. The minimum Gasteiger partial charge on any atom is -0.495 e. The van der Waals surface area contributed by atoms with Crippen molar-refractivity contribution in [2.45, 2.75) is 19.8 Å². The summed E-state index contributed by atoms with van der Waals surface area (Å²) in [6.07, 6.45) is 4.86. The summed E-state index contributed by atoms with van der Waals surface area (Å²) < 4.78 is 5.29. The molecule has 1 fully saturated rings. The van der Waals surface area contributed by atoms with Crippen molar-refractivity contribution in [2.75, 3.05) is 26.0 Å². The Labute approximate surface area is 159 Å². The van der Waals surface area contributed by atoms with E-state index in [0.717, 1.165) is 17.5 Å². The second-order valence-electron chi connectivity index (χ2n) is 7.01. The van der Waals surface area contributed by atoms with E-state index in [0.29, 0.717) is 24.4 Å². The fourth-order valence-corrected chi connectivity index (χ4v) is 3.14. The van der Waals surface area contributed by atoms with Gasteiger partial charge < -0.3 is 15.0 Å². The molecule has 1 aliphatic rings. The molecule has 1 aromatic heterocycles. The van der Waals surface area contributed by atoms with Crippen molar-refractivity contribution in [3.05, 3.63) is 53.9 Å². The van der Waals surface area contributed by atoms with Crippen LogP contribution in [-0.2, 0) is 16.0 Å². The molecule has 2 amide bonds. The quantitative estimate of drug-likeness (QED) is 0.817. The van der Waals surface area contributed by atoms with Gasteiger partial charge in [-0.15, -0.1) is 0 Å². The fraction of sp³-hybridized carbons (Fsp3) is 0.381. The third-order valence-electron chi connectivity index (χ3n) is 4.92. The number of pyridine rings is 1. The number of aryl methyl sites for hydroxylation is 1. The van der Waals surface area contributed by atoms with Crippen molar-refractivity contribution in [3.8, 4) is 5.75 Å². The lowest BCUT2D eigenvalue weighted by Gasteiger charge is -2.17. The van der Waals surface area contributed by atoms with Gasteiger partial charge in [0, 0.05) is 26.0 Å². The topological polar surface area (TPSA) is 71.5 Å². The van der Waals surface area contributed by atoms with Crippen molar-refractivity contribution >= 4 is 17.5 Å². The molecule has 0 spiro atoms. The zero-order chi connectivity index (χ0) is 19.4. The van der Waals surface area contributed by atoms with E-state index in [1.54, 1.807) is 31.5 Å². The highest BCUT2D eigenvalue weighted by Gasteiger charge is 2.49. The number of hydrogen-bond acceptors (Lipinski definition) is 4. The molecule has 0 radical (unpaired) electrons. The van der Waals surface area contributed by atoms with Crippen LogP contribution < -0.4 is 10.1 Å². The summed E-state index contributed by atoms with van der Waals surface area (Å²) in [4.78, 5) is 30.8. The summed E-state index contributed by atoms with van der Waals surface area (Å²) in [5, 5.41) is 2.90. The second kappa shape index (κ2) is 8.20. The molecule has 2 unspecified atom stereocenters. The van der Waals surface area contributed by atoms with Gasteiger partial charge in [-0.2, -0.15) is 0 Å². The smallest absolute Gasteiger partial charge is 0.228 e. The number of ether oxygens (including phenoxy) is 1. The van der Waals surface area contributed by atoms with Crippen LogP contribution in [0.3, 0.4) is 0 Å². The lowest BCUT2D eigenvalue weighted by atomic mass is 10.2. The molecule has 2 aromatic rings. The van der Waals surface area contributed by atoms with Crippen molar-refractivity contribution in [1.82, 2.24) is 9.88 Å². The highest BCUT2D eigenvalue weighted by molar-refractivity contribution is 6.00. The van der Waals surface area contributed by atoms with Crippen molar-refractivity contribution in [3.63, 3.8) is 0 Å². The zero-order valence-electron chi connectivity index (χ0n) is 15.9. The molecule has 6 nitrogen and oxygen atoms in total. The summed E-state index contributed by atoms with van der Waals surface area (Å²) in [5.41, 5.74) is 2.82. The predicted molar refractivity (Wildman–Crippen MR) is 104 cm³/mol. The molecule has 1 heterocycles. The molecule has 3 rings (SSSR count). The standard InChI is InChI=1S/C21H25N3O3/c1-14-4-5-19(27-3)18(12-14)23-20(25)16-13-17(16)21(26)24(2)11-8-15-6-9-22-10-7-15/h4-7,9-10,12,16-17H,8,11,13H2,1-3H3,(H,23,25). The Morgan fingerprint density at radius 3 is 2.67 bits per heavy atom. The molecule has 1 saturated carbocycles. The molecule has 1 aromatic carbocycles. The molecular formula is C21H25N3O3. The van der Waals surface area contributed by atoms with Gasteiger partial charge in [-0.1, -0.05) is 6.07 Å². The Morgan fingerprint density at radius 1 is 1.22 bits per heavy atom. The monoisotopic (exact) mass is 367 g/mol. The van der Waals surface area contributed by atoms with Crippen LogP contribution in [0.4, 0.5) is 5.69 Å². The summed E-state index contributed by atoms with van der Waals surface area (Å²) in [6.45, 7) is 2.58. The number of carbonyl (C=O) groups excluding carboxylic acids is 2. The van der Waals surface area contributed by atoms with E-state index in [9.17, 15) is 9.59 Å². The first-order chi connectivity index (χ1) is 13.0. The predicted octanol–water partition coefficient (Wildman–Crippen LogP) is 2.67. The van der Waals surface area contributed by atoms with E-state index >= 15 is 0 Å². The minimum atomic E-state index is -0.272. The number of aromatic nitrogens is 1. The van der Waals surface area contributed by atoms with Crippen LogP contribution in [0, 0.1) is 18.8 Å². The SMILES string of the molecule is COc1ccc(C)cc1NC(=O)C1CC1C(=O)N(C)CCc1ccncc1. The van der Waals surface area contributed by atoms with E-state index < -0.39 is 0 Å². The van der Waals surface area contributed by atoms with Gasteiger partial charge in [0.1, 0.15) is 5.75 Å². The maximum absolute atomic E-state index is 12.6. The number of benzene rings is 1. The Kier molecular flexibility index (Phi) is 5.74. The van der Waals surface area contributed by atoms with Crippen LogP contribution in [0.5, 0.6) is 5.75 Å². The third kappa shape index (κ3) is 4.64. The fourth-order valence-electron chi connectivity index (χ4n) is 3.14. The summed E-state index contributed by atoms with van der Waals surface area (Å²) >= 11 is 0. The second-order valence-corrected chi connectivity index (χ2v) is 7.01. The number of amides is 2. The largest absolute Gasteiger partial charge is 0.495 e. The van der Waals surface area contributed by atoms with Crippen molar-refractivity contribution in [2.24, 2.45) is 11.8 Å². The Bertz CT molecular complexity index is 823. The number of hydrogen-bond donors (Lipinski definition) is 1. The van der Waals surface area contributed by atoms with Crippen LogP contribution in [0.1, 0.15) is 17.5 Å². The molecule has 6 heteroatoms. The van der Waals surface area contributed by atoms with Gasteiger partial charge in [0.25, 0.3) is 0 Å². The first kappa shape index (κ1) is 18.9. The maximum atomic E-state index is 12.6. The van der Waals surface area contributed by atoms with Crippen LogP contribution >= 0.6 is 0 Å². The Morgan fingerprint density at radius 2 is 1.96 bits per heavy atom. The number of carbonyl (C=O) groups is 2. The molecule has 2 atom stereocenters. The van der Waals surface area contributed by atoms with Crippen LogP contribution in [-0.4, -0.2) is 42.4 Å². The van der Waals surface area contributed by atoms with Gasteiger partial charge in [-0.05, 0) is 55.2 Å². The van der Waals surface area contributed by atoms with Gasteiger partial charge in [-0.25, -0.2) is 0 Å². The number of rotatable bonds is 7. The molecule has 0 aliphatic heterocycles. The maximum Gasteiger partial charge on any atom is 0.228 e. The van der Waals surface area contributed by atoms with Crippen molar-refractivity contribution in [1.29, 1.82) is 0 Å². The number of methoxy groups -OCH3 is 1. The summed E-state index contributed by atoms with van der Waals surface area (Å²) in [5.74, 6) is 0.0153. The van der Waals surface area contributed by atoms with Gasteiger partial charge in [0.2, 0.25) is 11.8 Å². The van der Waals surface area contributed by atoms with Crippen molar-refractivity contribution < 1.29 is 14.3 Å². The molecule has 27 heavy (non-hydrogen) atoms. The highest BCUT2D eigenvalue weighted by atomic mass is 16.5. The highest BCUT2D eigenvalue weighted by Crippen LogP contribution is 2.41. The van der Waals surface area contributed by atoms with Gasteiger partial charge in [-0.3, -0.25) is 14.6 Å². The first-order valence-corrected chi connectivity index (χ1v) is 9.09. The van der Waals surface area contributed by atoms with Gasteiger partial charge in [0.05, 0.1) is 24.6 Å². The van der Waals surface area contributed by atoms with E-state index in [-0.39, 0.29) is 23.7 Å². The first-order valence-electron chi connectivity index (χ1n) is 9.09. The van der Waals surface area contributed by atoms with E-state index in [1.165, 1.54) is 0 Å². The van der Waals surface area contributed by atoms with Crippen LogP contribution in [0.2, 0.25) is 0 Å². The Balaban J connectivity index is 1.53. The molecule has 1 aliphatic carbocycles. The molecule has 0 saturated heterocycles. The third-order valence-corrected chi connectivity index (χ3v) is 4.92. The average molecular weight is 367 g/mol. The molecule has 1 N–H and O–H groups in total. The Hall–Kier alpha value is -2.89. The zero-order valence-corrected chi connectivity index (χ0v) is 15.9. The van der Waals surface area contributed by atoms with E-state index in [2.05, 4.69) is 10.3 Å². The average Bonchev–Trinajstić information content (AvgIpc) is 3.47. The molecule has 0 bridgehead atoms. The van der Waals surface area contributed by atoms with Gasteiger partial charge >= 0.3 is 0 Å². The molecule has 142 valence electrons. The summed E-state index contributed by atoms with van der Waals surface area (Å²) in [6, 6.07) is 9.52. The lowest BCUT2D eigenvalue weighted by Crippen LogP contribution is -2.31. The normalized spacial score (nSPS) is 17.9. The minimum absolute atomic E-state index is 0.0282. The number of nitrogens with one attached hydrogen (secondary N) is 1. The van der Waals surface area contributed by atoms with Gasteiger partial charge in [0.15, 0.2) is 0 Å². The summed E-state index contributed by atoms with van der Waals surface area (Å²) in [7, 11) is 3.36. The van der Waals surface area contributed by atoms with Crippen LogP contribution in [0.15, 0.2) is 42.7 Å². The van der Waals surface area contributed by atoms with E-state index in [4.69, 9.17) is 4.74 Å². The van der Waals surface area contributed by atoms with Crippen LogP contribution in [0.25, 0.3) is 0 Å². The molecular weight excluding hydrogens is 342 g/mol. The van der Waals surface area contributed by atoms with E-state index in [1.807, 2.05) is 37.3 Å². The lowest BCUT2D eigenvalue weighted by molar-refractivity contribution is -0.132. The number of anilines is 1. The number of nitrogens with zero attached hydrogens (tertiary/aromatic N) is 2.